The van der Waals surface area contributed by atoms with Crippen LogP contribution in [0.4, 0.5) is 10.1 Å². The van der Waals surface area contributed by atoms with Crippen LogP contribution in [0, 0.1) is 5.82 Å². The van der Waals surface area contributed by atoms with Gasteiger partial charge < -0.3 is 15.0 Å². The Kier molecular flexibility index (Phi) is 4.97. The fourth-order valence-electron chi connectivity index (χ4n) is 2.85. The van der Waals surface area contributed by atoms with Gasteiger partial charge in [-0.2, -0.15) is 0 Å². The molecule has 5 nitrogen and oxygen atoms in total. The number of hydrogen-bond donors (Lipinski definition) is 1. The standard InChI is InChI=1S/C19H19FN2O3/c1-2-25-15-9-7-14(8-10-15)22-12-13(11-18(22)23)21-19(24)16-5-3-4-6-17(16)20/h3-10,13H,2,11-12H2,1H3,(H,21,24)/t13-/m0/s1. The molecule has 0 spiro atoms. The van der Waals surface area contributed by atoms with Gasteiger partial charge in [-0.1, -0.05) is 12.1 Å². The molecule has 1 heterocycles. The van der Waals surface area contributed by atoms with Crippen molar-refractivity contribution in [2.24, 2.45) is 0 Å². The number of benzene rings is 2. The number of ether oxygens (including phenoxy) is 1. The van der Waals surface area contributed by atoms with Gasteiger partial charge in [0.05, 0.1) is 18.2 Å². The molecule has 2 aromatic carbocycles. The summed E-state index contributed by atoms with van der Waals surface area (Å²) >= 11 is 0. The van der Waals surface area contributed by atoms with Gasteiger partial charge in [0, 0.05) is 18.7 Å². The molecule has 0 saturated carbocycles. The summed E-state index contributed by atoms with van der Waals surface area (Å²) in [5, 5.41) is 2.73. The molecule has 2 amide bonds. The Morgan fingerprint density at radius 1 is 1.24 bits per heavy atom. The zero-order valence-electron chi connectivity index (χ0n) is 13.9. The minimum Gasteiger partial charge on any atom is -0.494 e. The van der Waals surface area contributed by atoms with Crippen molar-refractivity contribution in [3.8, 4) is 5.75 Å². The monoisotopic (exact) mass is 342 g/mol. The fourth-order valence-corrected chi connectivity index (χ4v) is 2.85. The number of rotatable bonds is 5. The zero-order valence-corrected chi connectivity index (χ0v) is 13.9. The Bertz CT molecular complexity index is 776. The lowest BCUT2D eigenvalue weighted by Gasteiger charge is -2.18. The lowest BCUT2D eigenvalue weighted by atomic mass is 10.1. The average Bonchev–Trinajstić information content (AvgIpc) is 2.96. The predicted molar refractivity (Wildman–Crippen MR) is 92.2 cm³/mol. The molecular weight excluding hydrogens is 323 g/mol. The minimum atomic E-state index is -0.576. The molecule has 0 radical (unpaired) electrons. The van der Waals surface area contributed by atoms with Gasteiger partial charge >= 0.3 is 0 Å². The summed E-state index contributed by atoms with van der Waals surface area (Å²) in [6, 6.07) is 12.7. The predicted octanol–water partition coefficient (Wildman–Crippen LogP) is 2.76. The van der Waals surface area contributed by atoms with Crippen molar-refractivity contribution in [1.82, 2.24) is 5.32 Å². The molecule has 1 saturated heterocycles. The van der Waals surface area contributed by atoms with E-state index in [9.17, 15) is 14.0 Å². The quantitative estimate of drug-likeness (QED) is 0.909. The van der Waals surface area contributed by atoms with Gasteiger partial charge in [0.25, 0.3) is 5.91 Å². The molecule has 1 fully saturated rings. The van der Waals surface area contributed by atoms with Gasteiger partial charge in [0.1, 0.15) is 11.6 Å². The summed E-state index contributed by atoms with van der Waals surface area (Å²) in [5.41, 5.74) is 0.727. The Labute approximate surface area is 145 Å². The van der Waals surface area contributed by atoms with Crippen molar-refractivity contribution in [1.29, 1.82) is 0 Å². The van der Waals surface area contributed by atoms with Crippen LogP contribution in [-0.4, -0.2) is 31.0 Å². The molecule has 0 aliphatic carbocycles. The van der Waals surface area contributed by atoms with Crippen LogP contribution in [0.1, 0.15) is 23.7 Å². The number of halogens is 1. The maximum atomic E-state index is 13.7. The van der Waals surface area contributed by atoms with Crippen LogP contribution in [0.2, 0.25) is 0 Å². The van der Waals surface area contributed by atoms with Crippen LogP contribution in [0.5, 0.6) is 5.75 Å². The molecule has 2 aromatic rings. The SMILES string of the molecule is CCOc1ccc(N2C[C@@H](NC(=O)c3ccccc3F)CC2=O)cc1. The number of amides is 2. The Morgan fingerprint density at radius 2 is 1.96 bits per heavy atom. The van der Waals surface area contributed by atoms with Gasteiger partial charge in [-0.25, -0.2) is 4.39 Å². The third-order valence-corrected chi connectivity index (χ3v) is 4.04. The van der Waals surface area contributed by atoms with Gasteiger partial charge in [0.2, 0.25) is 5.91 Å². The number of carbonyl (C=O) groups excluding carboxylic acids is 2. The van der Waals surface area contributed by atoms with Crippen LogP contribution >= 0.6 is 0 Å². The number of anilines is 1. The molecule has 1 N–H and O–H groups in total. The Morgan fingerprint density at radius 3 is 2.64 bits per heavy atom. The molecule has 6 heteroatoms. The van der Waals surface area contributed by atoms with Crippen LogP contribution in [0.3, 0.4) is 0 Å². The number of nitrogens with zero attached hydrogens (tertiary/aromatic N) is 1. The lowest BCUT2D eigenvalue weighted by Crippen LogP contribution is -2.37. The molecule has 130 valence electrons. The highest BCUT2D eigenvalue weighted by atomic mass is 19.1. The van der Waals surface area contributed by atoms with E-state index in [1.54, 1.807) is 23.1 Å². The maximum absolute atomic E-state index is 13.7. The van der Waals surface area contributed by atoms with Crippen LogP contribution in [0.15, 0.2) is 48.5 Å². The summed E-state index contributed by atoms with van der Waals surface area (Å²) in [5.74, 6) is -0.428. The number of nitrogens with one attached hydrogen (secondary N) is 1. The Hall–Kier alpha value is -2.89. The topological polar surface area (TPSA) is 58.6 Å². The van der Waals surface area contributed by atoms with E-state index in [1.165, 1.54) is 18.2 Å². The van der Waals surface area contributed by atoms with E-state index in [1.807, 2.05) is 19.1 Å². The van der Waals surface area contributed by atoms with Crippen molar-refractivity contribution in [3.63, 3.8) is 0 Å². The van der Waals surface area contributed by atoms with E-state index >= 15 is 0 Å². The Balaban J connectivity index is 1.66. The largest absolute Gasteiger partial charge is 0.494 e. The normalized spacial score (nSPS) is 16.8. The van der Waals surface area contributed by atoms with Gasteiger partial charge in [-0.15, -0.1) is 0 Å². The molecule has 0 bridgehead atoms. The summed E-state index contributed by atoms with van der Waals surface area (Å²) in [7, 11) is 0. The zero-order chi connectivity index (χ0) is 17.8. The van der Waals surface area contributed by atoms with Crippen molar-refractivity contribution in [3.05, 3.63) is 59.9 Å². The first-order valence-corrected chi connectivity index (χ1v) is 8.17. The summed E-state index contributed by atoms with van der Waals surface area (Å²) < 4.78 is 19.1. The first-order chi connectivity index (χ1) is 12.1. The molecular formula is C19H19FN2O3. The first kappa shape index (κ1) is 17.0. The number of hydrogen-bond acceptors (Lipinski definition) is 3. The van der Waals surface area contributed by atoms with Crippen molar-refractivity contribution < 1.29 is 18.7 Å². The van der Waals surface area contributed by atoms with Crippen molar-refractivity contribution in [2.45, 2.75) is 19.4 Å². The summed E-state index contributed by atoms with van der Waals surface area (Å²) in [4.78, 5) is 26.1. The second kappa shape index (κ2) is 7.34. The van der Waals surface area contributed by atoms with E-state index in [2.05, 4.69) is 5.32 Å². The molecule has 1 aliphatic rings. The van der Waals surface area contributed by atoms with Crippen molar-refractivity contribution in [2.75, 3.05) is 18.1 Å². The summed E-state index contributed by atoms with van der Waals surface area (Å²) in [6.07, 6.45) is 0.188. The lowest BCUT2D eigenvalue weighted by molar-refractivity contribution is -0.117. The van der Waals surface area contributed by atoms with E-state index < -0.39 is 11.7 Å². The molecule has 25 heavy (non-hydrogen) atoms. The average molecular weight is 342 g/mol. The van der Waals surface area contributed by atoms with Crippen molar-refractivity contribution >= 4 is 17.5 Å². The fraction of sp³-hybridized carbons (Fsp3) is 0.263. The highest BCUT2D eigenvalue weighted by Gasteiger charge is 2.32. The highest BCUT2D eigenvalue weighted by molar-refractivity contribution is 5.99. The first-order valence-electron chi connectivity index (χ1n) is 8.17. The molecule has 0 unspecified atom stereocenters. The van der Waals surface area contributed by atoms with Gasteiger partial charge in [-0.05, 0) is 43.3 Å². The van der Waals surface area contributed by atoms with Crippen LogP contribution < -0.4 is 15.0 Å². The number of carbonyl (C=O) groups is 2. The maximum Gasteiger partial charge on any atom is 0.254 e. The molecule has 0 aromatic heterocycles. The highest BCUT2D eigenvalue weighted by Crippen LogP contribution is 2.24. The second-order valence-corrected chi connectivity index (χ2v) is 5.79. The molecule has 1 aliphatic heterocycles. The summed E-state index contributed by atoms with van der Waals surface area (Å²) in [6.45, 7) is 2.83. The van der Waals surface area contributed by atoms with E-state index in [4.69, 9.17) is 4.74 Å². The third-order valence-electron chi connectivity index (χ3n) is 4.04. The second-order valence-electron chi connectivity index (χ2n) is 5.79. The van der Waals surface area contributed by atoms with E-state index in [0.29, 0.717) is 13.2 Å². The van der Waals surface area contributed by atoms with Crippen LogP contribution in [0.25, 0.3) is 0 Å². The van der Waals surface area contributed by atoms with E-state index in [-0.39, 0.29) is 23.9 Å². The smallest absolute Gasteiger partial charge is 0.254 e. The molecule has 1 atom stereocenters. The van der Waals surface area contributed by atoms with Gasteiger partial charge in [0.15, 0.2) is 0 Å². The van der Waals surface area contributed by atoms with Gasteiger partial charge in [-0.3, -0.25) is 9.59 Å². The van der Waals surface area contributed by atoms with E-state index in [0.717, 1.165) is 11.4 Å². The third kappa shape index (κ3) is 3.79. The minimum absolute atomic E-state index is 0.0190. The molecule has 3 rings (SSSR count). The van der Waals surface area contributed by atoms with Crippen LogP contribution in [-0.2, 0) is 4.79 Å².